The summed E-state index contributed by atoms with van der Waals surface area (Å²) < 4.78 is 2.04. The van der Waals surface area contributed by atoms with E-state index in [1.54, 1.807) is 0 Å². The average molecular weight is 259 g/mol. The van der Waals surface area contributed by atoms with Gasteiger partial charge in [0.2, 0.25) is 0 Å². The van der Waals surface area contributed by atoms with Gasteiger partial charge in [0.15, 0.2) is 5.82 Å². The Morgan fingerprint density at radius 2 is 2.00 bits per heavy atom. The molecule has 0 spiro atoms. The minimum atomic E-state index is -0.0135. The molecule has 0 atom stereocenters. The molecule has 2 rings (SSSR count). The molecule has 0 amide bonds. The van der Waals surface area contributed by atoms with Crippen molar-refractivity contribution >= 4 is 5.82 Å². The van der Waals surface area contributed by atoms with E-state index in [0.29, 0.717) is 0 Å². The predicted molar refractivity (Wildman–Crippen MR) is 77.2 cm³/mol. The zero-order valence-electron chi connectivity index (χ0n) is 12.2. The van der Waals surface area contributed by atoms with E-state index in [1.807, 2.05) is 30.2 Å². The summed E-state index contributed by atoms with van der Waals surface area (Å²) >= 11 is 0. The first-order chi connectivity index (χ1) is 8.95. The van der Waals surface area contributed by atoms with Crippen molar-refractivity contribution in [2.75, 3.05) is 12.4 Å². The summed E-state index contributed by atoms with van der Waals surface area (Å²) in [5.41, 5.74) is 1.95. The number of nitrogens with zero attached hydrogens (tertiary/aromatic N) is 4. The number of hydrogen-bond acceptors (Lipinski definition) is 4. The molecule has 2 heterocycles. The Balaban J connectivity index is 2.57. The highest BCUT2D eigenvalue weighted by atomic mass is 15.1. The van der Waals surface area contributed by atoms with Gasteiger partial charge in [0, 0.05) is 25.1 Å². The van der Waals surface area contributed by atoms with Gasteiger partial charge in [-0.25, -0.2) is 15.0 Å². The van der Waals surface area contributed by atoms with E-state index in [1.165, 1.54) is 0 Å². The highest BCUT2D eigenvalue weighted by Crippen LogP contribution is 2.25. The second kappa shape index (κ2) is 4.99. The summed E-state index contributed by atoms with van der Waals surface area (Å²) in [5, 5.41) is 3.10. The van der Waals surface area contributed by atoms with E-state index in [0.717, 1.165) is 29.6 Å². The third-order valence-corrected chi connectivity index (χ3v) is 3.03. The zero-order chi connectivity index (χ0) is 14.0. The molecule has 102 valence electrons. The minimum Gasteiger partial charge on any atom is -0.373 e. The van der Waals surface area contributed by atoms with E-state index >= 15 is 0 Å². The minimum absolute atomic E-state index is 0.0135. The largest absolute Gasteiger partial charge is 0.373 e. The lowest BCUT2D eigenvalue weighted by atomic mass is 9.92. The van der Waals surface area contributed by atoms with Crippen LogP contribution in [0.1, 0.15) is 33.4 Å². The van der Waals surface area contributed by atoms with Crippen LogP contribution in [-0.2, 0) is 12.0 Å². The van der Waals surface area contributed by atoms with Crippen LogP contribution in [0.25, 0.3) is 11.5 Å². The molecule has 0 aliphatic rings. The molecule has 0 radical (unpaired) electrons. The fourth-order valence-electron chi connectivity index (χ4n) is 1.83. The highest BCUT2D eigenvalue weighted by molar-refractivity contribution is 5.53. The maximum absolute atomic E-state index is 4.69. The second-order valence-corrected chi connectivity index (χ2v) is 5.53. The Morgan fingerprint density at radius 1 is 1.26 bits per heavy atom. The van der Waals surface area contributed by atoms with Crippen molar-refractivity contribution in [1.82, 2.24) is 19.5 Å². The summed E-state index contributed by atoms with van der Waals surface area (Å²) in [5.74, 6) is 1.55. The van der Waals surface area contributed by atoms with Gasteiger partial charge in [-0.15, -0.1) is 0 Å². The number of aryl methyl sites for hydroxylation is 1. The van der Waals surface area contributed by atoms with Crippen molar-refractivity contribution in [2.45, 2.75) is 39.7 Å². The molecule has 5 nitrogen and oxygen atoms in total. The second-order valence-electron chi connectivity index (χ2n) is 5.53. The van der Waals surface area contributed by atoms with Crippen molar-refractivity contribution in [3.05, 3.63) is 24.3 Å². The molecule has 0 aliphatic carbocycles. The van der Waals surface area contributed by atoms with Crippen molar-refractivity contribution in [3.63, 3.8) is 0 Å². The van der Waals surface area contributed by atoms with Crippen molar-refractivity contribution < 1.29 is 0 Å². The molecule has 5 heteroatoms. The fourth-order valence-corrected chi connectivity index (χ4v) is 1.83. The molecule has 0 aliphatic heterocycles. The highest BCUT2D eigenvalue weighted by Gasteiger charge is 2.19. The molecule has 19 heavy (non-hydrogen) atoms. The van der Waals surface area contributed by atoms with Crippen LogP contribution >= 0.6 is 0 Å². The number of hydrogen-bond donors (Lipinski definition) is 1. The van der Waals surface area contributed by atoms with E-state index in [-0.39, 0.29) is 5.41 Å². The Kier molecular flexibility index (Phi) is 3.55. The van der Waals surface area contributed by atoms with Crippen LogP contribution in [0.4, 0.5) is 5.82 Å². The zero-order valence-corrected chi connectivity index (χ0v) is 12.2. The first-order valence-corrected chi connectivity index (χ1v) is 6.53. The Bertz CT molecular complexity index is 565. The average Bonchev–Trinajstić information content (AvgIpc) is 2.85. The third kappa shape index (κ3) is 2.75. The smallest absolute Gasteiger partial charge is 0.180 e. The molecule has 1 N–H and O–H groups in total. The van der Waals surface area contributed by atoms with Crippen LogP contribution in [-0.4, -0.2) is 26.6 Å². The molecule has 0 fully saturated rings. The molecule has 2 aromatic heterocycles. The van der Waals surface area contributed by atoms with Crippen LogP contribution in [0.2, 0.25) is 0 Å². The SMILES string of the molecule is CCn1cncc1-c1nc(NC)cc(C(C)(C)C)n1. The molecular weight excluding hydrogens is 238 g/mol. The molecule has 0 saturated carbocycles. The van der Waals surface area contributed by atoms with Gasteiger partial charge in [-0.1, -0.05) is 20.8 Å². The number of rotatable bonds is 3. The van der Waals surface area contributed by atoms with Crippen molar-refractivity contribution in [1.29, 1.82) is 0 Å². The molecule has 0 aromatic carbocycles. The lowest BCUT2D eigenvalue weighted by Gasteiger charge is -2.19. The molecular formula is C14H21N5. The lowest BCUT2D eigenvalue weighted by molar-refractivity contribution is 0.567. The summed E-state index contributed by atoms with van der Waals surface area (Å²) in [6, 6.07) is 2.00. The Morgan fingerprint density at radius 3 is 2.58 bits per heavy atom. The van der Waals surface area contributed by atoms with Crippen molar-refractivity contribution in [2.24, 2.45) is 0 Å². The van der Waals surface area contributed by atoms with Gasteiger partial charge in [-0.2, -0.15) is 0 Å². The maximum Gasteiger partial charge on any atom is 0.180 e. The van der Waals surface area contributed by atoms with Gasteiger partial charge in [0.05, 0.1) is 18.2 Å². The summed E-state index contributed by atoms with van der Waals surface area (Å²) in [7, 11) is 1.87. The molecule has 0 unspecified atom stereocenters. The Hall–Kier alpha value is -1.91. The molecule has 2 aromatic rings. The third-order valence-electron chi connectivity index (χ3n) is 3.03. The van der Waals surface area contributed by atoms with E-state index in [2.05, 4.69) is 43.0 Å². The quantitative estimate of drug-likeness (QED) is 0.920. The lowest BCUT2D eigenvalue weighted by Crippen LogP contribution is -2.16. The standard InChI is InChI=1S/C14H21N5/c1-6-19-9-16-8-10(19)13-17-11(14(2,3)4)7-12(15-5)18-13/h7-9H,6H2,1-5H3,(H,15,17,18). The van der Waals surface area contributed by atoms with Crippen LogP contribution in [0, 0.1) is 0 Å². The van der Waals surface area contributed by atoms with Gasteiger partial charge < -0.3 is 9.88 Å². The van der Waals surface area contributed by atoms with E-state index < -0.39 is 0 Å². The van der Waals surface area contributed by atoms with Crippen LogP contribution in [0.5, 0.6) is 0 Å². The summed E-state index contributed by atoms with van der Waals surface area (Å²) in [6.07, 6.45) is 3.62. The van der Waals surface area contributed by atoms with Crippen LogP contribution < -0.4 is 5.32 Å². The van der Waals surface area contributed by atoms with E-state index in [9.17, 15) is 0 Å². The first kappa shape index (κ1) is 13.5. The van der Waals surface area contributed by atoms with Gasteiger partial charge in [-0.05, 0) is 6.92 Å². The van der Waals surface area contributed by atoms with Gasteiger partial charge in [0.1, 0.15) is 11.5 Å². The fraction of sp³-hybridized carbons (Fsp3) is 0.500. The van der Waals surface area contributed by atoms with Gasteiger partial charge in [-0.3, -0.25) is 0 Å². The monoisotopic (exact) mass is 259 g/mol. The number of imidazole rings is 1. The Labute approximate surface area is 114 Å². The molecule has 0 bridgehead atoms. The number of aromatic nitrogens is 4. The number of nitrogens with one attached hydrogen (secondary N) is 1. The first-order valence-electron chi connectivity index (χ1n) is 6.53. The summed E-state index contributed by atoms with van der Waals surface area (Å²) in [4.78, 5) is 13.4. The van der Waals surface area contributed by atoms with Gasteiger partial charge in [0.25, 0.3) is 0 Å². The normalized spacial score (nSPS) is 11.6. The van der Waals surface area contributed by atoms with E-state index in [4.69, 9.17) is 4.98 Å². The van der Waals surface area contributed by atoms with Gasteiger partial charge >= 0.3 is 0 Å². The number of anilines is 1. The maximum atomic E-state index is 4.69. The predicted octanol–water partition coefficient (Wildman–Crippen LogP) is 2.70. The molecule has 0 saturated heterocycles. The van der Waals surface area contributed by atoms with Crippen LogP contribution in [0.3, 0.4) is 0 Å². The van der Waals surface area contributed by atoms with Crippen LogP contribution in [0.15, 0.2) is 18.6 Å². The topological polar surface area (TPSA) is 55.6 Å². The van der Waals surface area contributed by atoms with Crippen molar-refractivity contribution in [3.8, 4) is 11.5 Å². The summed E-state index contributed by atoms with van der Waals surface area (Å²) in [6.45, 7) is 9.38.